The molecule has 0 spiro atoms. The fourth-order valence-electron chi connectivity index (χ4n) is 22.8. The molecule has 4 saturated carbocycles. The van der Waals surface area contributed by atoms with Gasteiger partial charge in [0.05, 0.1) is 70.0 Å². The average molecular weight is 1840 g/mol. The second-order valence-corrected chi connectivity index (χ2v) is 38.9. The molecule has 128 heavy (non-hydrogen) atoms. The number of phenols is 2. The maximum Gasteiger partial charge on any atom is 0.331 e. The van der Waals surface area contributed by atoms with Crippen LogP contribution in [-0.2, 0) is 90.1 Å². The van der Waals surface area contributed by atoms with Gasteiger partial charge in [-0.25, -0.2) is 4.79 Å². The van der Waals surface area contributed by atoms with Crippen LogP contribution in [0, 0.1) is 50.2 Å². The first kappa shape index (κ1) is 99.7. The number of allylic oxidation sites excluding steroid dienone is 2. The van der Waals surface area contributed by atoms with E-state index < -0.39 is 330 Å². The van der Waals surface area contributed by atoms with E-state index in [9.17, 15) is 127 Å². The lowest BCUT2D eigenvalue weighted by Crippen LogP contribution is -2.67. The summed E-state index contributed by atoms with van der Waals surface area (Å²) in [5, 5.41) is 265. The third kappa shape index (κ3) is 18.4. The van der Waals surface area contributed by atoms with Crippen molar-refractivity contribution in [3.63, 3.8) is 0 Å². The Balaban J connectivity index is 0.592. The molecule has 8 aliphatic heterocycles. The lowest BCUT2D eigenvalue weighted by molar-refractivity contribution is -0.386. The quantitative estimate of drug-likeness (QED) is 0.0150. The zero-order valence-electron chi connectivity index (χ0n) is 72.2. The summed E-state index contributed by atoms with van der Waals surface area (Å²) in [6.45, 7) is 11.0. The molecular weight excluding hydrogens is 1710 g/mol. The van der Waals surface area contributed by atoms with E-state index in [1.807, 2.05) is 6.92 Å². The highest BCUT2D eigenvalue weighted by Crippen LogP contribution is 2.76. The van der Waals surface area contributed by atoms with E-state index in [-0.39, 0.29) is 35.3 Å². The van der Waals surface area contributed by atoms with E-state index in [1.54, 1.807) is 0 Å². The van der Waals surface area contributed by atoms with Crippen molar-refractivity contribution >= 4 is 18.0 Å². The lowest BCUT2D eigenvalue weighted by atomic mass is 9.33. The molecule has 1 aromatic rings. The van der Waals surface area contributed by atoms with Gasteiger partial charge in [-0.05, 0) is 141 Å². The van der Waals surface area contributed by atoms with Crippen LogP contribution in [-0.4, -0.2) is 420 Å². The van der Waals surface area contributed by atoms with Crippen molar-refractivity contribution in [1.29, 1.82) is 0 Å². The predicted molar refractivity (Wildman–Crippen MR) is 423 cm³/mol. The van der Waals surface area contributed by atoms with Gasteiger partial charge in [0.15, 0.2) is 61.6 Å². The van der Waals surface area contributed by atoms with Crippen LogP contribution >= 0.6 is 0 Å². The molecule has 728 valence electrons. The highest BCUT2D eigenvalue weighted by molar-refractivity contribution is 5.87. The van der Waals surface area contributed by atoms with Crippen LogP contribution in [0.4, 0.5) is 0 Å². The highest BCUT2D eigenvalue weighted by Gasteiger charge is 2.72. The summed E-state index contributed by atoms with van der Waals surface area (Å²) < 4.78 is 101. The van der Waals surface area contributed by atoms with Crippen LogP contribution in [0.1, 0.15) is 125 Å². The number of hydrogen-bond acceptors (Lipinski definition) is 43. The summed E-state index contributed by atoms with van der Waals surface area (Å²) >= 11 is 0. The van der Waals surface area contributed by atoms with Crippen LogP contribution in [0.2, 0.25) is 0 Å². The first-order valence-corrected chi connectivity index (χ1v) is 44.1. The first-order valence-electron chi connectivity index (χ1n) is 44.1. The Labute approximate surface area is 736 Å². The van der Waals surface area contributed by atoms with Crippen molar-refractivity contribution in [3.8, 4) is 11.5 Å². The number of phenolic OH excluding ortho intramolecular Hbond substituents is 2. The minimum atomic E-state index is -2.11. The average Bonchev–Trinajstić information content (AvgIpc) is 0.672. The van der Waals surface area contributed by atoms with Crippen molar-refractivity contribution in [1.82, 2.24) is 0 Å². The van der Waals surface area contributed by atoms with E-state index in [4.69, 9.17) is 80.5 Å². The smallest absolute Gasteiger partial charge is 0.331 e. The van der Waals surface area contributed by atoms with Crippen molar-refractivity contribution in [2.75, 3.05) is 46.2 Å². The SMILES string of the molecule is C[C@@H]1O[C@@H](O[C@H]2[C@H](O)[C@@H](O)[C@H](OC[C@H]3O[C@@H](OC(=O)[C@]45CCC(C)(C)C[C@H]4C4=CC[C@@H]6[C@@]7(C)CC[C@H](O[C@@H]8OC[C@H](O)[C@H](O)[C@H]8O[C@@H]8O[C@@H](C)[C@H](O)[C@@H](O[C@@H]9OC[C@@H](O[C@@H]%10O[C@H](CO)[C@@H](O[C@@H]%11O[C@H](CO)[C@@H](OC(=O)/C=C/c%12ccc(O)c(O)c%12)[C@H](O)[C@H]%11O)[C@H](O)[C@H]%10O)[C@@H](O)[C@H]9O)[C@H]8O)[C@@](C)(CO)[C@@H]7CC[C@@]6(C)[C@]4(C)CC5)[C@H](O)[C@@H](O)[C@@H]3O)O[C@@H]2CO)[C@H](O)[C@H](O)[C@H]1O. The van der Waals surface area contributed by atoms with Gasteiger partial charge in [0.2, 0.25) is 6.29 Å². The summed E-state index contributed by atoms with van der Waals surface area (Å²) in [5.41, 5.74) is -2.44. The van der Waals surface area contributed by atoms with Crippen molar-refractivity contribution in [2.45, 2.75) is 359 Å². The second kappa shape index (κ2) is 39.1. The van der Waals surface area contributed by atoms with Crippen LogP contribution in [0.15, 0.2) is 35.9 Å². The minimum Gasteiger partial charge on any atom is -0.504 e. The van der Waals surface area contributed by atoms with E-state index in [0.717, 1.165) is 23.8 Å². The number of aliphatic hydroxyl groups is 22. The van der Waals surface area contributed by atoms with Gasteiger partial charge >= 0.3 is 11.9 Å². The number of carbonyl (C=O) groups excluding carboxylic acids is 2. The number of benzene rings is 1. The standard InChI is InChI=1S/C85H130O43/c1-32-49(94)54(99)60(105)73(115-32)124-67-41(26-87)117-71(62(107)56(67)101)113-29-43-52(97)55(100)61(106)76(121-43)128-79(111)85-21-19-80(3,4)24-36(85)35-11-13-46-81(5)17-16-47(82(6,31-89)45(81)15-18-84(46,8)83(35,7)20-22-85)122-78-70(51(96)39(92)28-112-78)127-77-65(110)69(50(95)33(2)116-77)126-72-59(104)53(98)44(30-114-72)120-74-63(108)58(103)68(42(27-88)118-74)125-75-64(109)57(102)66(40(25-86)119-75)123-48(93)14-10-34-9-12-37(90)38(91)23-34/h9-12,14,23,32-33,36,39-47,49-78,86-92,94-110H,13,15-22,24-31H2,1-8H3/b14-10+/t32-,33-,36-,39-,40+,41+,42+,43+,44+,45+,46+,47-,49-,50-,51-,52+,53+,54+,55-,56+,57+,58+,59+,60+,61+,62+,63+,64+,65+,66+,67+,68+,69+,70+,71+,72-,73-,74-,75-,76-,77-,78-,81-,82-,83+,84+,85-/m0/s1. The molecule has 47 atom stereocenters. The van der Waals surface area contributed by atoms with Crippen molar-refractivity contribution in [2.24, 2.45) is 50.2 Å². The zero-order chi connectivity index (χ0) is 93.0. The third-order valence-corrected chi connectivity index (χ3v) is 30.8. The molecule has 0 unspecified atom stereocenters. The van der Waals surface area contributed by atoms with Crippen LogP contribution < -0.4 is 0 Å². The molecule has 43 nitrogen and oxygen atoms in total. The van der Waals surface area contributed by atoms with Gasteiger partial charge < -0.3 is 203 Å². The van der Waals surface area contributed by atoms with E-state index in [2.05, 4.69) is 40.7 Å². The second-order valence-electron chi connectivity index (χ2n) is 38.9. The van der Waals surface area contributed by atoms with Gasteiger partial charge in [-0.3, -0.25) is 4.79 Å². The van der Waals surface area contributed by atoms with E-state index in [1.165, 1.54) is 26.0 Å². The van der Waals surface area contributed by atoms with Gasteiger partial charge in [-0.15, -0.1) is 0 Å². The van der Waals surface area contributed by atoms with Gasteiger partial charge in [-0.1, -0.05) is 59.3 Å². The molecule has 12 fully saturated rings. The maximum atomic E-state index is 15.4. The molecule has 0 amide bonds. The van der Waals surface area contributed by atoms with Crippen molar-refractivity contribution in [3.05, 3.63) is 41.5 Å². The number of aromatic hydroxyl groups is 2. The number of esters is 2. The Morgan fingerprint density at radius 2 is 0.984 bits per heavy atom. The van der Waals surface area contributed by atoms with Crippen LogP contribution in [0.3, 0.4) is 0 Å². The summed E-state index contributed by atoms with van der Waals surface area (Å²) in [6.07, 6.45) is -58.1. The Hall–Kier alpha value is -4.24. The topological polar surface area (TPSA) is 677 Å². The van der Waals surface area contributed by atoms with Crippen LogP contribution in [0.25, 0.3) is 6.08 Å². The van der Waals surface area contributed by atoms with Crippen LogP contribution in [0.5, 0.6) is 11.5 Å². The molecule has 1 aromatic carbocycles. The van der Waals surface area contributed by atoms with Gasteiger partial charge in [0.1, 0.15) is 165 Å². The molecular formula is C85H130O43. The maximum absolute atomic E-state index is 15.4. The Morgan fingerprint density at radius 1 is 0.453 bits per heavy atom. The number of carbonyl (C=O) groups is 2. The van der Waals surface area contributed by atoms with E-state index >= 15 is 4.79 Å². The number of rotatable bonds is 24. The zero-order valence-corrected chi connectivity index (χ0v) is 72.2. The first-order chi connectivity index (χ1) is 60.3. The Kier molecular flexibility index (Phi) is 30.5. The number of aliphatic hydroxyl groups excluding tert-OH is 22. The third-order valence-electron chi connectivity index (χ3n) is 30.8. The molecule has 8 heterocycles. The summed E-state index contributed by atoms with van der Waals surface area (Å²) in [5.74, 6) is -3.26. The molecule has 0 aromatic heterocycles. The van der Waals surface area contributed by atoms with E-state index in [0.29, 0.717) is 64.2 Å². The molecule has 0 radical (unpaired) electrons. The highest BCUT2D eigenvalue weighted by atomic mass is 16.8. The molecule has 0 bridgehead atoms. The molecule has 13 aliphatic rings. The lowest BCUT2D eigenvalue weighted by Gasteiger charge is -2.71. The number of fused-ring (bicyclic) bond motifs is 7. The van der Waals surface area contributed by atoms with Crippen molar-refractivity contribution < 1.29 is 213 Å². The number of hydrogen-bond donors (Lipinski definition) is 24. The normalized spacial score (nSPS) is 51.0. The monoisotopic (exact) mass is 1840 g/mol. The minimum absolute atomic E-state index is 0.000392. The number of ether oxygens (including phenoxy) is 17. The Morgan fingerprint density at radius 3 is 1.62 bits per heavy atom. The molecule has 24 N–H and O–H groups in total. The van der Waals surface area contributed by atoms with Gasteiger partial charge in [-0.2, -0.15) is 0 Å². The molecule has 14 rings (SSSR count). The fraction of sp³-hybridized carbons (Fsp3) is 0.859. The Bertz CT molecular complexity index is 3980. The molecule has 8 saturated heterocycles. The largest absolute Gasteiger partial charge is 0.504 e. The summed E-state index contributed by atoms with van der Waals surface area (Å²) in [7, 11) is 0. The van der Waals surface area contributed by atoms with Gasteiger partial charge in [0, 0.05) is 11.5 Å². The predicted octanol–water partition coefficient (Wildman–Crippen LogP) is -6.76. The molecule has 43 heteroatoms. The molecule has 5 aliphatic carbocycles. The summed E-state index contributed by atoms with van der Waals surface area (Å²) in [4.78, 5) is 28.2. The van der Waals surface area contributed by atoms with Gasteiger partial charge in [0.25, 0.3) is 0 Å². The fourth-order valence-corrected chi connectivity index (χ4v) is 22.8. The summed E-state index contributed by atoms with van der Waals surface area (Å²) in [6, 6.07) is 3.66.